The van der Waals surface area contributed by atoms with Gasteiger partial charge in [-0.1, -0.05) is 12.1 Å². The smallest absolute Gasteiger partial charge is 0.338 e. The first-order valence-electron chi connectivity index (χ1n) is 6.67. The number of aromatic nitrogens is 3. The van der Waals surface area contributed by atoms with E-state index in [4.69, 9.17) is 4.74 Å². The number of hydrogen-bond donors (Lipinski definition) is 0. The first kappa shape index (κ1) is 13.8. The fraction of sp³-hybridized carbons (Fsp3) is 0.0625. The van der Waals surface area contributed by atoms with E-state index in [2.05, 4.69) is 5.10 Å². The van der Waals surface area contributed by atoms with Gasteiger partial charge in [0.15, 0.2) is 12.4 Å². The standard InChI is InChI=1S/C16H13N3O3/c20-16(14-6-10-18(21)11-7-14)22-12-13-2-4-15(5-3-13)19-9-1-8-17-19/h1-11H,12H2. The van der Waals surface area contributed by atoms with E-state index >= 15 is 0 Å². The minimum Gasteiger partial charge on any atom is -0.619 e. The van der Waals surface area contributed by atoms with E-state index in [0.29, 0.717) is 10.3 Å². The fourth-order valence-electron chi connectivity index (χ4n) is 1.95. The quantitative estimate of drug-likeness (QED) is 0.418. The Balaban J connectivity index is 1.61. The molecule has 3 aromatic rings. The second-order valence-electron chi connectivity index (χ2n) is 4.64. The van der Waals surface area contributed by atoms with E-state index in [-0.39, 0.29) is 6.61 Å². The Hall–Kier alpha value is -3.15. The normalized spacial score (nSPS) is 10.4. The molecule has 0 aliphatic rings. The molecule has 0 unspecified atom stereocenters. The predicted molar refractivity (Wildman–Crippen MR) is 78.1 cm³/mol. The van der Waals surface area contributed by atoms with Crippen LogP contribution in [0.25, 0.3) is 5.69 Å². The second-order valence-corrected chi connectivity index (χ2v) is 4.64. The SMILES string of the molecule is O=C(OCc1ccc(-n2cccn2)cc1)c1cc[n+]([O-])cc1. The number of benzene rings is 1. The highest BCUT2D eigenvalue weighted by Gasteiger charge is 2.08. The van der Waals surface area contributed by atoms with E-state index in [1.165, 1.54) is 24.5 Å². The first-order chi connectivity index (χ1) is 10.7. The molecule has 6 heteroatoms. The molecule has 0 saturated carbocycles. The van der Waals surface area contributed by atoms with Crippen molar-refractivity contribution in [3.05, 3.63) is 83.6 Å². The van der Waals surface area contributed by atoms with E-state index in [1.807, 2.05) is 36.5 Å². The van der Waals surface area contributed by atoms with Crippen LogP contribution in [0.15, 0.2) is 67.3 Å². The van der Waals surface area contributed by atoms with Gasteiger partial charge >= 0.3 is 5.97 Å². The molecular formula is C16H13N3O3. The molecule has 0 atom stereocenters. The highest BCUT2D eigenvalue weighted by Crippen LogP contribution is 2.10. The van der Waals surface area contributed by atoms with Gasteiger partial charge in [0.05, 0.1) is 11.3 Å². The molecule has 0 amide bonds. The maximum atomic E-state index is 11.8. The van der Waals surface area contributed by atoms with Crippen molar-refractivity contribution in [3.63, 3.8) is 0 Å². The highest BCUT2D eigenvalue weighted by atomic mass is 16.5. The monoisotopic (exact) mass is 295 g/mol. The van der Waals surface area contributed by atoms with Crippen molar-refractivity contribution in [1.29, 1.82) is 0 Å². The molecule has 0 aliphatic heterocycles. The topological polar surface area (TPSA) is 71.1 Å². The molecule has 0 radical (unpaired) electrons. The van der Waals surface area contributed by atoms with Gasteiger partial charge in [0, 0.05) is 24.5 Å². The van der Waals surface area contributed by atoms with Crippen LogP contribution in [0.5, 0.6) is 0 Å². The maximum absolute atomic E-state index is 11.8. The van der Waals surface area contributed by atoms with Crippen LogP contribution in [0.3, 0.4) is 0 Å². The van der Waals surface area contributed by atoms with Crippen molar-refractivity contribution in [3.8, 4) is 5.69 Å². The highest BCUT2D eigenvalue weighted by molar-refractivity contribution is 5.88. The summed E-state index contributed by atoms with van der Waals surface area (Å²) in [5, 5.41) is 15.1. The zero-order valence-corrected chi connectivity index (χ0v) is 11.6. The third-order valence-corrected chi connectivity index (χ3v) is 3.11. The lowest BCUT2D eigenvalue weighted by atomic mass is 10.2. The van der Waals surface area contributed by atoms with E-state index in [9.17, 15) is 10.0 Å². The average Bonchev–Trinajstić information content (AvgIpc) is 3.08. The van der Waals surface area contributed by atoms with Crippen LogP contribution < -0.4 is 4.73 Å². The van der Waals surface area contributed by atoms with Crippen LogP contribution in [0.2, 0.25) is 0 Å². The number of nitrogens with zero attached hydrogens (tertiary/aromatic N) is 3. The Morgan fingerprint density at radius 3 is 2.55 bits per heavy atom. The number of hydrogen-bond acceptors (Lipinski definition) is 4. The van der Waals surface area contributed by atoms with Gasteiger partial charge in [-0.3, -0.25) is 0 Å². The summed E-state index contributed by atoms with van der Waals surface area (Å²) in [5.74, 6) is -0.461. The molecule has 110 valence electrons. The molecule has 1 aromatic carbocycles. The molecule has 0 saturated heterocycles. The van der Waals surface area contributed by atoms with Gasteiger partial charge in [-0.2, -0.15) is 9.83 Å². The van der Waals surface area contributed by atoms with Crippen molar-refractivity contribution in [2.75, 3.05) is 0 Å². The summed E-state index contributed by atoms with van der Waals surface area (Å²) >= 11 is 0. The average molecular weight is 295 g/mol. The largest absolute Gasteiger partial charge is 0.619 e. The van der Waals surface area contributed by atoms with Crippen LogP contribution >= 0.6 is 0 Å². The van der Waals surface area contributed by atoms with Crippen molar-refractivity contribution in [2.45, 2.75) is 6.61 Å². The van der Waals surface area contributed by atoms with Crippen LogP contribution in [0, 0.1) is 5.21 Å². The lowest BCUT2D eigenvalue weighted by Crippen LogP contribution is -2.24. The number of ether oxygens (including phenoxy) is 1. The molecule has 22 heavy (non-hydrogen) atoms. The summed E-state index contributed by atoms with van der Waals surface area (Å²) in [5.41, 5.74) is 2.16. The van der Waals surface area contributed by atoms with Gasteiger partial charge in [0.25, 0.3) is 0 Å². The summed E-state index contributed by atoms with van der Waals surface area (Å²) in [6.45, 7) is 0.171. The molecule has 0 N–H and O–H groups in total. The number of pyridine rings is 1. The summed E-state index contributed by atoms with van der Waals surface area (Å²) in [4.78, 5) is 11.8. The molecule has 3 rings (SSSR count). The molecular weight excluding hydrogens is 282 g/mol. The van der Waals surface area contributed by atoms with Crippen LogP contribution in [-0.2, 0) is 11.3 Å². The van der Waals surface area contributed by atoms with Crippen LogP contribution in [-0.4, -0.2) is 15.7 Å². The first-order valence-corrected chi connectivity index (χ1v) is 6.67. The molecule has 0 bridgehead atoms. The van der Waals surface area contributed by atoms with Crippen LogP contribution in [0.1, 0.15) is 15.9 Å². The van der Waals surface area contributed by atoms with Crippen molar-refractivity contribution in [2.24, 2.45) is 0 Å². The summed E-state index contributed by atoms with van der Waals surface area (Å²) < 4.78 is 7.58. The molecule has 6 nitrogen and oxygen atoms in total. The van der Waals surface area contributed by atoms with Gasteiger partial charge in [-0.15, -0.1) is 0 Å². The lowest BCUT2D eigenvalue weighted by Gasteiger charge is -2.06. The van der Waals surface area contributed by atoms with Gasteiger partial charge < -0.3 is 9.94 Å². The molecule has 0 spiro atoms. The minimum absolute atomic E-state index is 0.171. The summed E-state index contributed by atoms with van der Waals surface area (Å²) in [6.07, 6.45) is 6.08. The molecule has 0 aliphatic carbocycles. The zero-order valence-electron chi connectivity index (χ0n) is 11.6. The Morgan fingerprint density at radius 1 is 1.18 bits per heavy atom. The van der Waals surface area contributed by atoms with Crippen molar-refractivity contribution in [1.82, 2.24) is 9.78 Å². The van der Waals surface area contributed by atoms with E-state index < -0.39 is 5.97 Å². The van der Waals surface area contributed by atoms with Crippen molar-refractivity contribution >= 4 is 5.97 Å². The molecule has 2 heterocycles. The molecule has 2 aromatic heterocycles. The Bertz CT molecular complexity index is 750. The zero-order chi connectivity index (χ0) is 15.4. The van der Waals surface area contributed by atoms with Gasteiger partial charge in [-0.25, -0.2) is 9.48 Å². The van der Waals surface area contributed by atoms with Crippen LogP contribution in [0.4, 0.5) is 0 Å². The van der Waals surface area contributed by atoms with E-state index in [0.717, 1.165) is 11.3 Å². The number of carbonyl (C=O) groups excluding carboxylic acids is 1. The number of carbonyl (C=O) groups is 1. The third-order valence-electron chi connectivity index (χ3n) is 3.11. The Kier molecular flexibility index (Phi) is 3.82. The van der Waals surface area contributed by atoms with Gasteiger partial charge in [0.1, 0.15) is 6.61 Å². The Labute approximate surface area is 126 Å². The van der Waals surface area contributed by atoms with E-state index in [1.54, 1.807) is 10.9 Å². The molecule has 0 fully saturated rings. The maximum Gasteiger partial charge on any atom is 0.338 e. The van der Waals surface area contributed by atoms with Crippen molar-refractivity contribution < 1.29 is 14.3 Å². The minimum atomic E-state index is -0.461. The summed E-state index contributed by atoms with van der Waals surface area (Å²) in [7, 11) is 0. The lowest BCUT2D eigenvalue weighted by molar-refractivity contribution is -0.605. The number of esters is 1. The fourth-order valence-corrected chi connectivity index (χ4v) is 1.95. The summed E-state index contributed by atoms with van der Waals surface area (Å²) in [6, 6.07) is 12.3. The Morgan fingerprint density at radius 2 is 1.91 bits per heavy atom. The number of rotatable bonds is 4. The third kappa shape index (κ3) is 3.12. The second kappa shape index (κ2) is 6.09. The van der Waals surface area contributed by atoms with Gasteiger partial charge in [0.2, 0.25) is 0 Å². The van der Waals surface area contributed by atoms with Gasteiger partial charge in [-0.05, 0) is 23.8 Å². The predicted octanol–water partition coefficient (Wildman–Crippen LogP) is 1.86.